The van der Waals surface area contributed by atoms with Crippen LogP contribution in [0.1, 0.15) is 348 Å². The number of ether oxygens (including phenoxy) is 3. The highest BCUT2D eigenvalue weighted by Gasteiger charge is 2.19. The summed E-state index contributed by atoms with van der Waals surface area (Å²) in [6, 6.07) is 0. The lowest BCUT2D eigenvalue weighted by Crippen LogP contribution is -2.30. The lowest BCUT2D eigenvalue weighted by atomic mass is 10.0. The van der Waals surface area contributed by atoms with E-state index in [1.807, 2.05) is 0 Å². The number of hydrogen-bond donors (Lipinski definition) is 0. The lowest BCUT2D eigenvalue weighted by molar-refractivity contribution is -0.167. The molecule has 0 saturated heterocycles. The number of allylic oxidation sites excluding steroid dienone is 14. The molecule has 0 aliphatic heterocycles. The van der Waals surface area contributed by atoms with Crippen molar-refractivity contribution in [1.29, 1.82) is 0 Å². The fourth-order valence-corrected chi connectivity index (χ4v) is 9.97. The summed E-state index contributed by atoms with van der Waals surface area (Å²) in [5.74, 6) is -0.866. The number of esters is 3. The summed E-state index contributed by atoms with van der Waals surface area (Å²) in [5, 5.41) is 0. The van der Waals surface area contributed by atoms with Crippen LogP contribution < -0.4 is 0 Å². The summed E-state index contributed by atoms with van der Waals surface area (Å²) in [6.45, 7) is 6.52. The molecule has 0 N–H and O–H groups in total. The highest BCUT2D eigenvalue weighted by Crippen LogP contribution is 2.17. The predicted octanol–water partition coefficient (Wildman–Crippen LogP) is 23.8. The SMILES string of the molecule is CC/C=C\C/C=C\C/C=C\C/C=C\CCCCCCCCCCCCCCCCCCC(=O)OCC(COC(=O)CCCCCCCCCC)OC(=O)CCCCCCCCCCCC/C=C\C/C=C\C/C=C\CCCCCCC. The molecular weight excluding hydrogens is 985 g/mol. The highest BCUT2D eigenvalue weighted by molar-refractivity contribution is 5.71. The van der Waals surface area contributed by atoms with Crippen molar-refractivity contribution in [2.24, 2.45) is 0 Å². The number of carbonyl (C=O) groups is 3. The van der Waals surface area contributed by atoms with Crippen LogP contribution in [0.5, 0.6) is 0 Å². The predicted molar refractivity (Wildman–Crippen MR) is 348 cm³/mol. The zero-order chi connectivity index (χ0) is 57.8. The van der Waals surface area contributed by atoms with Crippen molar-refractivity contribution in [3.8, 4) is 0 Å². The van der Waals surface area contributed by atoms with E-state index in [2.05, 4.69) is 106 Å². The van der Waals surface area contributed by atoms with Crippen molar-refractivity contribution < 1.29 is 28.6 Å². The first-order valence-corrected chi connectivity index (χ1v) is 34.6. The molecule has 0 aromatic carbocycles. The van der Waals surface area contributed by atoms with Crippen LogP contribution >= 0.6 is 0 Å². The van der Waals surface area contributed by atoms with Crippen LogP contribution in [0.4, 0.5) is 0 Å². The Balaban J connectivity index is 4.11. The van der Waals surface area contributed by atoms with Crippen LogP contribution in [0.3, 0.4) is 0 Å². The van der Waals surface area contributed by atoms with Gasteiger partial charge in [-0.1, -0.05) is 318 Å². The van der Waals surface area contributed by atoms with Gasteiger partial charge in [-0.3, -0.25) is 14.4 Å². The van der Waals surface area contributed by atoms with Crippen LogP contribution in [0, 0.1) is 0 Å². The van der Waals surface area contributed by atoms with E-state index < -0.39 is 6.10 Å². The third-order valence-corrected chi connectivity index (χ3v) is 15.1. The second kappa shape index (κ2) is 68.1. The van der Waals surface area contributed by atoms with E-state index >= 15 is 0 Å². The molecule has 0 aliphatic carbocycles. The highest BCUT2D eigenvalue weighted by atomic mass is 16.6. The maximum Gasteiger partial charge on any atom is 0.306 e. The number of unbranched alkanes of at least 4 members (excludes halogenated alkanes) is 38. The van der Waals surface area contributed by atoms with E-state index in [0.29, 0.717) is 19.3 Å². The van der Waals surface area contributed by atoms with Crippen LogP contribution in [0.15, 0.2) is 85.1 Å². The molecule has 1 atom stereocenters. The molecular formula is C74H130O6. The first kappa shape index (κ1) is 76.6. The molecule has 0 aromatic heterocycles. The van der Waals surface area contributed by atoms with E-state index in [-0.39, 0.29) is 31.1 Å². The first-order chi connectivity index (χ1) is 39.5. The second-order valence-corrected chi connectivity index (χ2v) is 23.1. The average Bonchev–Trinajstić information content (AvgIpc) is 3.46. The monoisotopic (exact) mass is 1110 g/mol. The van der Waals surface area contributed by atoms with Gasteiger partial charge in [0.15, 0.2) is 6.10 Å². The van der Waals surface area contributed by atoms with Crippen LogP contribution in [0.2, 0.25) is 0 Å². The standard InChI is InChI=1S/C74H130O6/c1-4-7-10-13-16-19-21-23-25-27-29-31-33-35-36-37-38-40-41-43-45-47-49-51-53-55-58-61-64-67-73(76)79-70-71(69-78-72(75)66-63-60-57-18-15-12-9-6-3)80-74(77)68-65-62-59-56-54-52-50-48-46-44-42-39-34-32-30-28-26-24-22-20-17-14-11-8-5-2/h7,10,16,19,22-25,28-31,34,39,71H,4-6,8-9,11-15,17-18,20-21,26-27,32-33,35-38,40-70H2,1-3H3/b10-7-,19-16-,24-22-,25-23-,30-28-,31-29-,39-34-. The van der Waals surface area contributed by atoms with E-state index in [1.54, 1.807) is 0 Å². The fraction of sp³-hybridized carbons (Fsp3) is 0.770. The van der Waals surface area contributed by atoms with E-state index in [0.717, 1.165) is 96.3 Å². The normalized spacial score (nSPS) is 12.6. The van der Waals surface area contributed by atoms with E-state index in [4.69, 9.17) is 14.2 Å². The molecule has 6 nitrogen and oxygen atoms in total. The largest absolute Gasteiger partial charge is 0.462 e. The van der Waals surface area contributed by atoms with Gasteiger partial charge in [0.2, 0.25) is 0 Å². The molecule has 0 amide bonds. The Labute approximate surface area is 496 Å². The van der Waals surface area contributed by atoms with Crippen molar-refractivity contribution in [2.75, 3.05) is 13.2 Å². The van der Waals surface area contributed by atoms with E-state index in [1.165, 1.54) is 212 Å². The van der Waals surface area contributed by atoms with Gasteiger partial charge in [-0.05, 0) is 96.3 Å². The average molecular weight is 1120 g/mol. The number of hydrogen-bond acceptors (Lipinski definition) is 6. The second-order valence-electron chi connectivity index (χ2n) is 23.1. The molecule has 462 valence electrons. The smallest absolute Gasteiger partial charge is 0.306 e. The molecule has 0 rings (SSSR count). The Hall–Kier alpha value is -3.41. The van der Waals surface area contributed by atoms with Gasteiger partial charge in [-0.2, -0.15) is 0 Å². The molecule has 6 heteroatoms. The maximum absolute atomic E-state index is 12.9. The Morgan fingerprint density at radius 2 is 0.487 bits per heavy atom. The van der Waals surface area contributed by atoms with Gasteiger partial charge in [-0.25, -0.2) is 0 Å². The van der Waals surface area contributed by atoms with Crippen LogP contribution in [0.25, 0.3) is 0 Å². The first-order valence-electron chi connectivity index (χ1n) is 34.6. The number of rotatable bonds is 63. The Morgan fingerprint density at radius 3 is 0.762 bits per heavy atom. The minimum absolute atomic E-state index is 0.0740. The third-order valence-electron chi connectivity index (χ3n) is 15.1. The zero-order valence-corrected chi connectivity index (χ0v) is 53.1. The Kier molecular flexibility index (Phi) is 65.2. The van der Waals surface area contributed by atoms with Crippen molar-refractivity contribution in [2.45, 2.75) is 354 Å². The number of carbonyl (C=O) groups excluding carboxylic acids is 3. The molecule has 0 spiro atoms. The van der Waals surface area contributed by atoms with Crippen molar-refractivity contribution in [3.63, 3.8) is 0 Å². The summed E-state index contributed by atoms with van der Waals surface area (Å²) in [5.41, 5.74) is 0. The van der Waals surface area contributed by atoms with Crippen molar-refractivity contribution >= 4 is 17.9 Å². The van der Waals surface area contributed by atoms with Gasteiger partial charge in [0.05, 0.1) is 0 Å². The van der Waals surface area contributed by atoms with Gasteiger partial charge in [0.1, 0.15) is 13.2 Å². The van der Waals surface area contributed by atoms with Crippen LogP contribution in [-0.4, -0.2) is 37.2 Å². The van der Waals surface area contributed by atoms with Gasteiger partial charge < -0.3 is 14.2 Å². The Bertz CT molecular complexity index is 1520. The Morgan fingerprint density at radius 1 is 0.263 bits per heavy atom. The summed E-state index contributed by atoms with van der Waals surface area (Å²) < 4.78 is 16.9. The van der Waals surface area contributed by atoms with Gasteiger partial charge in [-0.15, -0.1) is 0 Å². The lowest BCUT2D eigenvalue weighted by Gasteiger charge is -2.18. The van der Waals surface area contributed by atoms with Gasteiger partial charge in [0, 0.05) is 19.3 Å². The topological polar surface area (TPSA) is 78.9 Å². The molecule has 0 bridgehead atoms. The molecule has 0 fully saturated rings. The summed E-state index contributed by atoms with van der Waals surface area (Å²) in [7, 11) is 0. The van der Waals surface area contributed by atoms with Crippen LogP contribution in [-0.2, 0) is 28.6 Å². The molecule has 0 aromatic rings. The molecule has 0 radical (unpaired) electrons. The molecule has 80 heavy (non-hydrogen) atoms. The minimum Gasteiger partial charge on any atom is -0.462 e. The molecule has 0 saturated carbocycles. The van der Waals surface area contributed by atoms with Crippen molar-refractivity contribution in [1.82, 2.24) is 0 Å². The van der Waals surface area contributed by atoms with Gasteiger partial charge >= 0.3 is 17.9 Å². The van der Waals surface area contributed by atoms with E-state index in [9.17, 15) is 14.4 Å². The summed E-state index contributed by atoms with van der Waals surface area (Å²) >= 11 is 0. The molecule has 1 unspecified atom stereocenters. The zero-order valence-electron chi connectivity index (χ0n) is 53.1. The third kappa shape index (κ3) is 65.4. The molecule has 0 aliphatic rings. The minimum atomic E-state index is -0.776. The fourth-order valence-electron chi connectivity index (χ4n) is 9.97. The summed E-state index contributed by atoms with van der Waals surface area (Å²) in [4.78, 5) is 38.2. The maximum atomic E-state index is 12.9. The summed E-state index contributed by atoms with van der Waals surface area (Å²) in [6.07, 6.45) is 90.5. The van der Waals surface area contributed by atoms with Gasteiger partial charge in [0.25, 0.3) is 0 Å². The quantitative estimate of drug-likeness (QED) is 0.0261. The van der Waals surface area contributed by atoms with Crippen molar-refractivity contribution in [3.05, 3.63) is 85.1 Å². The molecule has 0 heterocycles.